The molecule has 4 rings (SSSR count). The SMILES string of the molecule is Cl.O=C(Nc1cccn2c(Sc3ccncc3)c(C(F)(F)F)nc12)c1c(Cl)cccc1Cl. The maximum atomic E-state index is 13.7. The Kier molecular flexibility index (Phi) is 7.24. The number of carbonyl (C=O) groups excluding carboxylic acids is 1. The van der Waals surface area contributed by atoms with Gasteiger partial charge in [0.05, 0.1) is 21.3 Å². The summed E-state index contributed by atoms with van der Waals surface area (Å²) in [6.07, 6.45) is -0.288. The first-order valence-electron chi connectivity index (χ1n) is 8.67. The van der Waals surface area contributed by atoms with E-state index in [1.165, 1.54) is 47.3 Å². The minimum absolute atomic E-state index is 0. The molecule has 0 radical (unpaired) electrons. The molecular weight excluding hydrogens is 508 g/mol. The molecule has 0 atom stereocenters. The number of aromatic nitrogens is 3. The second-order valence-electron chi connectivity index (χ2n) is 6.21. The zero-order valence-electron chi connectivity index (χ0n) is 15.7. The lowest BCUT2D eigenvalue weighted by Crippen LogP contribution is -2.14. The Morgan fingerprint density at radius 3 is 2.31 bits per heavy atom. The summed E-state index contributed by atoms with van der Waals surface area (Å²) in [6, 6.07) is 10.7. The number of halogens is 6. The highest BCUT2D eigenvalue weighted by Gasteiger charge is 2.38. The average Bonchev–Trinajstić information content (AvgIpc) is 3.09. The first-order valence-corrected chi connectivity index (χ1v) is 10.2. The third-order valence-electron chi connectivity index (χ3n) is 4.18. The molecule has 3 aromatic heterocycles. The van der Waals surface area contributed by atoms with Crippen LogP contribution in [-0.4, -0.2) is 20.3 Å². The predicted octanol–water partition coefficient (Wildman–Crippen LogP) is 6.88. The smallest absolute Gasteiger partial charge is 0.319 e. The minimum atomic E-state index is -4.70. The molecule has 0 saturated carbocycles. The molecule has 3 heterocycles. The van der Waals surface area contributed by atoms with Crippen molar-refractivity contribution in [1.82, 2.24) is 14.4 Å². The number of fused-ring (bicyclic) bond motifs is 1. The molecule has 12 heteroatoms. The highest BCUT2D eigenvalue weighted by atomic mass is 35.5. The first-order chi connectivity index (χ1) is 14.8. The number of pyridine rings is 2. The van der Waals surface area contributed by atoms with E-state index in [2.05, 4.69) is 15.3 Å². The monoisotopic (exact) mass is 518 g/mol. The number of nitrogens with zero attached hydrogens (tertiary/aromatic N) is 3. The normalized spacial score (nSPS) is 11.3. The maximum absolute atomic E-state index is 13.7. The van der Waals surface area contributed by atoms with Gasteiger partial charge in [-0.1, -0.05) is 41.0 Å². The van der Waals surface area contributed by atoms with Gasteiger partial charge >= 0.3 is 6.18 Å². The molecule has 32 heavy (non-hydrogen) atoms. The molecule has 0 bridgehead atoms. The van der Waals surface area contributed by atoms with Crippen molar-refractivity contribution < 1.29 is 18.0 Å². The quantitative estimate of drug-likeness (QED) is 0.319. The summed E-state index contributed by atoms with van der Waals surface area (Å²) < 4.78 is 42.5. The lowest BCUT2D eigenvalue weighted by Gasteiger charge is -2.10. The van der Waals surface area contributed by atoms with E-state index in [-0.39, 0.29) is 44.4 Å². The van der Waals surface area contributed by atoms with Crippen molar-refractivity contribution in [2.24, 2.45) is 0 Å². The van der Waals surface area contributed by atoms with Gasteiger partial charge in [0.25, 0.3) is 5.91 Å². The molecule has 0 aliphatic rings. The van der Waals surface area contributed by atoms with Crippen LogP contribution < -0.4 is 5.32 Å². The molecular formula is C20H12Cl3F3N4OS. The van der Waals surface area contributed by atoms with Gasteiger partial charge in [0, 0.05) is 23.5 Å². The first kappa shape index (κ1) is 24.2. The number of imidazole rings is 1. The van der Waals surface area contributed by atoms with Gasteiger partial charge in [0.15, 0.2) is 11.3 Å². The molecule has 0 saturated heterocycles. The number of benzene rings is 1. The number of alkyl halides is 3. The second kappa shape index (κ2) is 9.58. The van der Waals surface area contributed by atoms with Crippen molar-refractivity contribution in [1.29, 1.82) is 0 Å². The number of rotatable bonds is 4. The molecule has 0 aliphatic heterocycles. The van der Waals surface area contributed by atoms with Crippen LogP contribution in [0.4, 0.5) is 18.9 Å². The van der Waals surface area contributed by atoms with Crippen molar-refractivity contribution in [2.45, 2.75) is 16.1 Å². The number of anilines is 1. The summed E-state index contributed by atoms with van der Waals surface area (Å²) in [4.78, 5) is 20.9. The van der Waals surface area contributed by atoms with Crippen LogP contribution in [-0.2, 0) is 6.18 Å². The van der Waals surface area contributed by atoms with E-state index in [4.69, 9.17) is 23.2 Å². The number of hydrogen-bond acceptors (Lipinski definition) is 4. The van der Waals surface area contributed by atoms with Crippen LogP contribution >= 0.6 is 47.4 Å². The van der Waals surface area contributed by atoms with Gasteiger partial charge in [-0.25, -0.2) is 4.98 Å². The fourth-order valence-electron chi connectivity index (χ4n) is 2.84. The van der Waals surface area contributed by atoms with E-state index in [0.29, 0.717) is 4.90 Å². The van der Waals surface area contributed by atoms with Crippen molar-refractivity contribution in [3.05, 3.63) is 82.4 Å². The van der Waals surface area contributed by atoms with E-state index in [1.807, 2.05) is 0 Å². The molecule has 166 valence electrons. The third-order valence-corrected chi connectivity index (χ3v) is 5.90. The molecule has 1 aromatic carbocycles. The maximum Gasteiger partial charge on any atom is 0.436 e. The lowest BCUT2D eigenvalue weighted by molar-refractivity contribution is -0.143. The highest BCUT2D eigenvalue weighted by Crippen LogP contribution is 2.40. The van der Waals surface area contributed by atoms with Crippen LogP contribution in [0, 0.1) is 0 Å². The fraction of sp³-hybridized carbons (Fsp3) is 0.0500. The zero-order chi connectivity index (χ0) is 22.2. The Morgan fingerprint density at radius 1 is 1.03 bits per heavy atom. The largest absolute Gasteiger partial charge is 0.436 e. The summed E-state index contributed by atoms with van der Waals surface area (Å²) in [6.45, 7) is 0. The van der Waals surface area contributed by atoms with E-state index >= 15 is 0 Å². The number of carbonyl (C=O) groups is 1. The molecule has 0 spiro atoms. The van der Waals surface area contributed by atoms with Crippen LogP contribution in [0.25, 0.3) is 5.65 Å². The zero-order valence-corrected chi connectivity index (χ0v) is 18.9. The van der Waals surface area contributed by atoms with Gasteiger partial charge in [-0.15, -0.1) is 12.4 Å². The Bertz CT molecular complexity index is 1260. The number of amides is 1. The Labute approximate surface area is 200 Å². The van der Waals surface area contributed by atoms with Crippen molar-refractivity contribution in [3.8, 4) is 0 Å². The van der Waals surface area contributed by atoms with Crippen LogP contribution in [0.2, 0.25) is 10.0 Å². The third kappa shape index (κ3) is 4.80. The fourth-order valence-corrected chi connectivity index (χ4v) is 4.40. The van der Waals surface area contributed by atoms with Crippen molar-refractivity contribution in [2.75, 3.05) is 5.32 Å². The van der Waals surface area contributed by atoms with Gasteiger partial charge in [0.1, 0.15) is 5.03 Å². The molecule has 5 nitrogen and oxygen atoms in total. The highest BCUT2D eigenvalue weighted by molar-refractivity contribution is 7.99. The molecule has 1 amide bonds. The van der Waals surface area contributed by atoms with E-state index in [0.717, 1.165) is 11.8 Å². The van der Waals surface area contributed by atoms with Gasteiger partial charge in [-0.05, 0) is 36.4 Å². The van der Waals surface area contributed by atoms with Crippen LogP contribution in [0.5, 0.6) is 0 Å². The summed E-state index contributed by atoms with van der Waals surface area (Å²) >= 11 is 13.0. The molecule has 4 aromatic rings. The molecule has 0 aliphatic carbocycles. The van der Waals surface area contributed by atoms with E-state index in [9.17, 15) is 18.0 Å². The topological polar surface area (TPSA) is 59.3 Å². The molecule has 0 fully saturated rings. The molecule has 0 unspecified atom stereocenters. The van der Waals surface area contributed by atoms with E-state index < -0.39 is 17.8 Å². The summed E-state index contributed by atoms with van der Waals surface area (Å²) in [5.74, 6) is -0.663. The molecule has 1 N–H and O–H groups in total. The number of nitrogens with one attached hydrogen (secondary N) is 1. The average molecular weight is 520 g/mol. The number of hydrogen-bond donors (Lipinski definition) is 1. The van der Waals surface area contributed by atoms with Crippen LogP contribution in [0.1, 0.15) is 16.1 Å². The predicted molar refractivity (Wildman–Crippen MR) is 120 cm³/mol. The lowest BCUT2D eigenvalue weighted by atomic mass is 10.2. The van der Waals surface area contributed by atoms with Crippen LogP contribution in [0.3, 0.4) is 0 Å². The summed E-state index contributed by atoms with van der Waals surface area (Å²) in [7, 11) is 0. The van der Waals surface area contributed by atoms with Crippen molar-refractivity contribution >= 4 is 64.6 Å². The second-order valence-corrected chi connectivity index (χ2v) is 8.09. The van der Waals surface area contributed by atoms with Gasteiger partial charge in [0.2, 0.25) is 0 Å². The van der Waals surface area contributed by atoms with Crippen molar-refractivity contribution in [3.63, 3.8) is 0 Å². The van der Waals surface area contributed by atoms with E-state index in [1.54, 1.807) is 18.2 Å². The van der Waals surface area contributed by atoms with Crippen LogP contribution in [0.15, 0.2) is 71.0 Å². The Morgan fingerprint density at radius 2 is 1.69 bits per heavy atom. The summed E-state index contributed by atoms with van der Waals surface area (Å²) in [5.41, 5.74) is -1.04. The summed E-state index contributed by atoms with van der Waals surface area (Å²) in [5, 5.41) is 2.65. The van der Waals surface area contributed by atoms with Gasteiger partial charge in [-0.3, -0.25) is 14.2 Å². The van der Waals surface area contributed by atoms with Gasteiger partial charge < -0.3 is 5.32 Å². The Hall–Kier alpha value is -2.46. The standard InChI is InChI=1S/C20H11Cl2F3N4OS.ClH/c21-12-3-1-4-13(22)15(12)18(30)27-14-5-2-10-29-17(14)28-16(20(23,24)25)19(29)31-11-6-8-26-9-7-11;/h1-10H,(H,27,30);1H. The Balaban J connectivity index is 0.00000289. The van der Waals surface area contributed by atoms with Gasteiger partial charge in [-0.2, -0.15) is 13.2 Å². The minimum Gasteiger partial charge on any atom is -0.319 e.